The van der Waals surface area contributed by atoms with Gasteiger partial charge in [-0.2, -0.15) is 0 Å². The Kier molecular flexibility index (Phi) is 5.74. The Morgan fingerprint density at radius 3 is 1.04 bits per heavy atom. The largest absolute Gasteiger partial charge is 0.344 e. The topological polar surface area (TPSA) is 19.7 Å². The number of rotatable bonds is 2. The van der Waals surface area contributed by atoms with Crippen LogP contribution < -0.4 is 0 Å². The van der Waals surface area contributed by atoms with Crippen LogP contribution in [0.5, 0.6) is 0 Å². The monoisotopic (exact) mass is 692 g/mol. The van der Waals surface area contributed by atoms with Gasteiger partial charge in [-0.05, 0) is 93.7 Å². The van der Waals surface area contributed by atoms with Crippen LogP contribution >= 0.6 is 0 Å². The quantitative estimate of drug-likeness (QED) is 0.172. The summed E-state index contributed by atoms with van der Waals surface area (Å²) in [5.41, 5.74) is 15.0. The molecule has 0 fully saturated rings. The van der Waals surface area contributed by atoms with Crippen LogP contribution in [0.15, 0.2) is 146 Å². The van der Waals surface area contributed by atoms with E-state index in [-0.39, 0.29) is 0 Å². The van der Waals surface area contributed by atoms with Gasteiger partial charge in [-0.15, -0.1) is 0 Å². The maximum absolute atomic E-state index is 2.38. The van der Waals surface area contributed by atoms with Gasteiger partial charge in [0.15, 0.2) is 0 Å². The van der Waals surface area contributed by atoms with Gasteiger partial charge < -0.3 is 18.3 Å². The van der Waals surface area contributed by atoms with Crippen molar-refractivity contribution in [2.45, 2.75) is 0 Å². The molecule has 256 valence electrons. The molecule has 4 nitrogen and oxygen atoms in total. The lowest BCUT2D eigenvalue weighted by atomic mass is 9.97. The molecule has 0 atom stereocenters. The van der Waals surface area contributed by atoms with Gasteiger partial charge in [0.05, 0.1) is 0 Å². The van der Waals surface area contributed by atoms with Crippen LogP contribution in [-0.4, -0.2) is 18.3 Å². The van der Waals surface area contributed by atoms with E-state index in [2.05, 4.69) is 192 Å². The molecule has 0 unspecified atom stereocenters. The maximum atomic E-state index is 2.38. The third-order valence-electron chi connectivity index (χ3n) is 12.6. The third-order valence-corrected chi connectivity index (χ3v) is 12.6. The SMILES string of the molecule is Cn1c2ccccc2c2cc(-c3ccc4c5c6ccc7c(c6ccc5n(C)c4c3)c3ccc(-c4ccc5c(c4)c4ccccc4n5C)cc3n7C)ccc21. The zero-order valence-corrected chi connectivity index (χ0v) is 30.6. The number of benzene rings is 8. The molecule has 4 heteroatoms. The van der Waals surface area contributed by atoms with Crippen molar-refractivity contribution in [1.29, 1.82) is 0 Å². The second kappa shape index (κ2) is 10.4. The molecule has 12 aromatic rings. The average molecular weight is 693 g/mol. The van der Waals surface area contributed by atoms with E-state index >= 15 is 0 Å². The fourth-order valence-electron chi connectivity index (χ4n) is 9.86. The first-order valence-corrected chi connectivity index (χ1v) is 18.8. The molecule has 0 saturated heterocycles. The van der Waals surface area contributed by atoms with E-state index in [1.54, 1.807) is 0 Å². The minimum Gasteiger partial charge on any atom is -0.344 e. The summed E-state index contributed by atoms with van der Waals surface area (Å²) >= 11 is 0. The Bertz CT molecular complexity index is 3360. The van der Waals surface area contributed by atoms with Crippen LogP contribution in [0.4, 0.5) is 0 Å². The molecule has 0 bridgehead atoms. The maximum Gasteiger partial charge on any atom is 0.0495 e. The minimum atomic E-state index is 1.24. The summed E-state index contributed by atoms with van der Waals surface area (Å²) in [4.78, 5) is 0. The van der Waals surface area contributed by atoms with Gasteiger partial charge >= 0.3 is 0 Å². The fourth-order valence-corrected chi connectivity index (χ4v) is 9.86. The van der Waals surface area contributed by atoms with Gasteiger partial charge in [0, 0.05) is 115 Å². The van der Waals surface area contributed by atoms with Crippen molar-refractivity contribution in [3.8, 4) is 22.3 Å². The standard InChI is InChI=1S/C50H36N4/c1-51-41-11-7-5-9-33(41)39-25-29(15-21-43(39)51)31-13-17-37-47(27-31)53(3)45-23-19-36-35(49(37)45)20-24-46-50(36)38-18-14-32(28-48(38)54(46)4)30-16-22-44-40(26-30)34-10-6-8-12-42(34)52(44)2/h5-28H,1-4H3. The summed E-state index contributed by atoms with van der Waals surface area (Å²) in [6.45, 7) is 0. The van der Waals surface area contributed by atoms with E-state index in [4.69, 9.17) is 0 Å². The molecule has 12 rings (SSSR count). The average Bonchev–Trinajstić information content (AvgIpc) is 3.89. The Morgan fingerprint density at radius 2 is 0.574 bits per heavy atom. The number of para-hydroxylation sites is 2. The third kappa shape index (κ3) is 3.77. The lowest BCUT2D eigenvalue weighted by molar-refractivity contribution is 1.01. The molecule has 0 aliphatic rings. The highest BCUT2D eigenvalue weighted by Gasteiger charge is 2.18. The number of nitrogens with zero attached hydrogens (tertiary/aromatic N) is 4. The van der Waals surface area contributed by atoms with Gasteiger partial charge in [0.2, 0.25) is 0 Å². The van der Waals surface area contributed by atoms with Gasteiger partial charge in [-0.1, -0.05) is 84.9 Å². The number of aromatic nitrogens is 4. The summed E-state index contributed by atoms with van der Waals surface area (Å²) in [6, 6.07) is 54.6. The predicted octanol–water partition coefficient (Wildman–Crippen LogP) is 12.8. The Morgan fingerprint density at radius 1 is 0.241 bits per heavy atom. The zero-order valence-electron chi connectivity index (χ0n) is 30.6. The molecule has 0 saturated carbocycles. The normalized spacial score (nSPS) is 12.4. The van der Waals surface area contributed by atoms with Crippen molar-refractivity contribution in [2.75, 3.05) is 0 Å². The second-order valence-corrected chi connectivity index (χ2v) is 15.2. The molecule has 54 heavy (non-hydrogen) atoms. The summed E-state index contributed by atoms with van der Waals surface area (Å²) in [5, 5.41) is 13.0. The molecule has 0 aliphatic carbocycles. The Balaban J connectivity index is 1.02. The van der Waals surface area contributed by atoms with Crippen LogP contribution in [0, 0.1) is 0 Å². The van der Waals surface area contributed by atoms with E-state index in [9.17, 15) is 0 Å². The number of aryl methyl sites for hydroxylation is 4. The van der Waals surface area contributed by atoms with E-state index < -0.39 is 0 Å². The highest BCUT2D eigenvalue weighted by molar-refractivity contribution is 6.29. The van der Waals surface area contributed by atoms with Crippen molar-refractivity contribution in [3.63, 3.8) is 0 Å². The minimum absolute atomic E-state index is 1.24. The summed E-state index contributed by atoms with van der Waals surface area (Å²) in [7, 11) is 8.74. The number of fused-ring (bicyclic) bond motifs is 15. The summed E-state index contributed by atoms with van der Waals surface area (Å²) < 4.78 is 9.34. The molecule has 0 N–H and O–H groups in total. The summed E-state index contributed by atoms with van der Waals surface area (Å²) in [5.74, 6) is 0. The second-order valence-electron chi connectivity index (χ2n) is 15.2. The van der Waals surface area contributed by atoms with Crippen molar-refractivity contribution >= 4 is 98.0 Å². The van der Waals surface area contributed by atoms with Crippen LogP contribution in [-0.2, 0) is 28.2 Å². The van der Waals surface area contributed by atoms with E-state index in [0.29, 0.717) is 0 Å². The van der Waals surface area contributed by atoms with Crippen molar-refractivity contribution in [1.82, 2.24) is 18.3 Å². The van der Waals surface area contributed by atoms with Crippen LogP contribution in [0.3, 0.4) is 0 Å². The van der Waals surface area contributed by atoms with Gasteiger partial charge in [-0.3, -0.25) is 0 Å². The lowest BCUT2D eigenvalue weighted by Gasteiger charge is -2.06. The lowest BCUT2D eigenvalue weighted by Crippen LogP contribution is -1.88. The Hall–Kier alpha value is -6.78. The molecule has 0 radical (unpaired) electrons. The molecule has 4 aromatic heterocycles. The van der Waals surface area contributed by atoms with Crippen molar-refractivity contribution < 1.29 is 0 Å². The molecule has 0 aliphatic heterocycles. The smallest absolute Gasteiger partial charge is 0.0495 e. The van der Waals surface area contributed by atoms with Gasteiger partial charge in [-0.25, -0.2) is 0 Å². The Labute approximate surface area is 311 Å². The number of hydrogen-bond acceptors (Lipinski definition) is 0. The molecule has 0 amide bonds. The molecular weight excluding hydrogens is 657 g/mol. The van der Waals surface area contributed by atoms with E-state index in [0.717, 1.165) is 0 Å². The predicted molar refractivity (Wildman–Crippen MR) is 231 cm³/mol. The first kappa shape index (κ1) is 29.8. The van der Waals surface area contributed by atoms with Crippen LogP contribution in [0.25, 0.3) is 120 Å². The summed E-state index contributed by atoms with van der Waals surface area (Å²) in [6.07, 6.45) is 0. The van der Waals surface area contributed by atoms with Gasteiger partial charge in [0.1, 0.15) is 0 Å². The van der Waals surface area contributed by atoms with Crippen LogP contribution in [0.1, 0.15) is 0 Å². The molecule has 8 aromatic carbocycles. The van der Waals surface area contributed by atoms with Crippen molar-refractivity contribution in [2.24, 2.45) is 28.2 Å². The van der Waals surface area contributed by atoms with E-state index in [1.165, 1.54) is 120 Å². The van der Waals surface area contributed by atoms with Crippen molar-refractivity contribution in [3.05, 3.63) is 146 Å². The number of hydrogen-bond donors (Lipinski definition) is 0. The first-order valence-electron chi connectivity index (χ1n) is 18.8. The van der Waals surface area contributed by atoms with E-state index in [1.807, 2.05) is 0 Å². The fraction of sp³-hybridized carbons (Fsp3) is 0.0800. The van der Waals surface area contributed by atoms with Crippen LogP contribution in [0.2, 0.25) is 0 Å². The molecular formula is C50H36N4. The molecule has 4 heterocycles. The molecule has 0 spiro atoms. The highest BCUT2D eigenvalue weighted by atomic mass is 15.0. The van der Waals surface area contributed by atoms with Gasteiger partial charge in [0.25, 0.3) is 0 Å². The zero-order chi connectivity index (χ0) is 36.0. The highest BCUT2D eigenvalue weighted by Crippen LogP contribution is 2.42. The first-order chi connectivity index (χ1) is 26.4.